The molecule has 0 amide bonds. The first-order chi connectivity index (χ1) is 12.2. The Bertz CT molecular complexity index is 848. The van der Waals surface area contributed by atoms with Gasteiger partial charge in [-0.25, -0.2) is 9.98 Å². The van der Waals surface area contributed by atoms with Crippen molar-refractivity contribution in [2.75, 3.05) is 19.6 Å². The number of nitrogens with one attached hydrogen (secondary N) is 1. The van der Waals surface area contributed by atoms with E-state index in [4.69, 9.17) is 4.98 Å². The molecule has 0 fully saturated rings. The summed E-state index contributed by atoms with van der Waals surface area (Å²) in [6, 6.07) is 16.4. The second kappa shape index (κ2) is 8.41. The number of benzene rings is 2. The average Bonchev–Trinajstić information content (AvgIpc) is 3.00. The lowest BCUT2D eigenvalue weighted by atomic mass is 10.2. The minimum atomic E-state index is 0.774. The van der Waals surface area contributed by atoms with Crippen molar-refractivity contribution < 1.29 is 4.90 Å². The smallest absolute Gasteiger partial charge is 0.230 e. The number of hydrogen-bond acceptors (Lipinski definition) is 2. The maximum Gasteiger partial charge on any atom is 0.230 e. The quantitative estimate of drug-likeness (QED) is 0.606. The van der Waals surface area contributed by atoms with Crippen molar-refractivity contribution in [2.45, 2.75) is 20.4 Å². The zero-order chi connectivity index (χ0) is 17.6. The molecule has 0 unspecified atom stereocenters. The van der Waals surface area contributed by atoms with Crippen LogP contribution < -0.4 is 4.90 Å². The van der Waals surface area contributed by atoms with Crippen molar-refractivity contribution in [1.29, 1.82) is 0 Å². The van der Waals surface area contributed by atoms with Crippen molar-refractivity contribution in [1.82, 2.24) is 9.55 Å². The van der Waals surface area contributed by atoms with Crippen LogP contribution in [0.5, 0.6) is 0 Å². The van der Waals surface area contributed by atoms with Crippen LogP contribution in [0, 0.1) is 0 Å². The van der Waals surface area contributed by atoms with Gasteiger partial charge in [0, 0.05) is 10.7 Å². The summed E-state index contributed by atoms with van der Waals surface area (Å²) >= 11 is 3.46. The molecule has 0 saturated carbocycles. The van der Waals surface area contributed by atoms with Crippen LogP contribution >= 0.6 is 15.9 Å². The molecule has 0 radical (unpaired) electrons. The molecular weight excluding hydrogens is 376 g/mol. The molecule has 130 valence electrons. The molecule has 2 aromatic carbocycles. The molecular formula is C20H24BrN4+. The van der Waals surface area contributed by atoms with Crippen molar-refractivity contribution in [3.63, 3.8) is 0 Å². The fourth-order valence-corrected chi connectivity index (χ4v) is 3.20. The molecule has 1 N–H and O–H groups in total. The Morgan fingerprint density at radius 3 is 2.52 bits per heavy atom. The number of halogens is 1. The third kappa shape index (κ3) is 4.35. The first-order valence-corrected chi connectivity index (χ1v) is 9.59. The van der Waals surface area contributed by atoms with Crippen LogP contribution in [0.2, 0.25) is 0 Å². The molecule has 0 atom stereocenters. The van der Waals surface area contributed by atoms with E-state index in [9.17, 15) is 0 Å². The molecule has 1 aromatic heterocycles. The lowest BCUT2D eigenvalue weighted by Gasteiger charge is -2.16. The van der Waals surface area contributed by atoms with Gasteiger partial charge in [0.2, 0.25) is 5.95 Å². The number of likely N-dealkylation sites (N-methyl/N-ethyl adjacent to an activating group) is 1. The van der Waals surface area contributed by atoms with Gasteiger partial charge in [0.25, 0.3) is 0 Å². The number of rotatable bonds is 7. The molecule has 5 heteroatoms. The second-order valence-electron chi connectivity index (χ2n) is 6.07. The van der Waals surface area contributed by atoms with E-state index >= 15 is 0 Å². The number of nitrogens with zero attached hydrogens (tertiary/aromatic N) is 3. The average molecular weight is 400 g/mol. The first-order valence-electron chi connectivity index (χ1n) is 8.79. The number of hydrogen-bond donors (Lipinski definition) is 1. The Labute approximate surface area is 157 Å². The standard InChI is InChI=1S/C20H23BrN4/c1-3-24(4-2)13-14-25-19-8-6-5-7-18(19)23-20(25)22-15-16-9-11-17(21)12-10-16/h5-12,15H,3-4,13-14H2,1-2H3/p+1. The van der Waals surface area contributed by atoms with Crippen molar-refractivity contribution >= 4 is 39.1 Å². The van der Waals surface area contributed by atoms with E-state index in [1.54, 1.807) is 4.90 Å². The maximum atomic E-state index is 4.72. The van der Waals surface area contributed by atoms with E-state index in [0.717, 1.165) is 53.2 Å². The Balaban J connectivity index is 1.90. The zero-order valence-corrected chi connectivity index (χ0v) is 16.3. The van der Waals surface area contributed by atoms with Crippen LogP contribution in [0.3, 0.4) is 0 Å². The number of aromatic nitrogens is 2. The van der Waals surface area contributed by atoms with Gasteiger partial charge in [0.1, 0.15) is 0 Å². The Kier molecular flexibility index (Phi) is 6.00. The van der Waals surface area contributed by atoms with Crippen molar-refractivity contribution in [2.24, 2.45) is 4.99 Å². The summed E-state index contributed by atoms with van der Waals surface area (Å²) in [6.45, 7) is 8.74. The zero-order valence-electron chi connectivity index (χ0n) is 14.7. The van der Waals surface area contributed by atoms with Gasteiger partial charge in [-0.3, -0.25) is 0 Å². The number of para-hydroxylation sites is 2. The fourth-order valence-electron chi connectivity index (χ4n) is 2.94. The summed E-state index contributed by atoms with van der Waals surface area (Å²) in [7, 11) is 0. The van der Waals surface area contributed by atoms with Gasteiger partial charge in [0.15, 0.2) is 0 Å². The Hall–Kier alpha value is -1.98. The third-order valence-electron chi connectivity index (χ3n) is 4.52. The minimum absolute atomic E-state index is 0.774. The molecule has 0 aliphatic carbocycles. The SMILES string of the molecule is CC[NH+](CC)CCn1c(N=Cc2ccc(Br)cc2)nc2ccccc21. The predicted octanol–water partition coefficient (Wildman–Crippen LogP) is 3.47. The van der Waals surface area contributed by atoms with Gasteiger partial charge < -0.3 is 9.47 Å². The summed E-state index contributed by atoms with van der Waals surface area (Å²) in [5.74, 6) is 0.774. The molecule has 1 heterocycles. The minimum Gasteiger partial charge on any atom is -0.334 e. The summed E-state index contributed by atoms with van der Waals surface area (Å²) in [5, 5.41) is 0. The van der Waals surface area contributed by atoms with Crippen LogP contribution in [0.1, 0.15) is 19.4 Å². The van der Waals surface area contributed by atoms with Gasteiger partial charge >= 0.3 is 0 Å². The summed E-state index contributed by atoms with van der Waals surface area (Å²) < 4.78 is 3.30. The highest BCUT2D eigenvalue weighted by atomic mass is 79.9. The normalized spacial score (nSPS) is 11.8. The van der Waals surface area contributed by atoms with Gasteiger partial charge in [0.05, 0.1) is 37.2 Å². The molecule has 0 aliphatic heterocycles. The van der Waals surface area contributed by atoms with E-state index in [1.807, 2.05) is 36.5 Å². The van der Waals surface area contributed by atoms with Gasteiger partial charge in [-0.05, 0) is 43.7 Å². The van der Waals surface area contributed by atoms with Crippen molar-refractivity contribution in [3.8, 4) is 0 Å². The highest BCUT2D eigenvalue weighted by molar-refractivity contribution is 9.10. The summed E-state index contributed by atoms with van der Waals surface area (Å²) in [6.07, 6.45) is 1.88. The van der Waals surface area contributed by atoms with E-state index in [1.165, 1.54) is 0 Å². The summed E-state index contributed by atoms with van der Waals surface area (Å²) in [4.78, 5) is 11.0. The molecule has 0 bridgehead atoms. The monoisotopic (exact) mass is 399 g/mol. The molecule has 0 aliphatic rings. The van der Waals surface area contributed by atoms with Crippen LogP contribution in [0.25, 0.3) is 11.0 Å². The maximum absolute atomic E-state index is 4.72. The lowest BCUT2D eigenvalue weighted by Crippen LogP contribution is -3.11. The molecule has 3 rings (SSSR count). The molecule has 0 saturated heterocycles. The van der Waals surface area contributed by atoms with Crippen LogP contribution in [0.15, 0.2) is 58.0 Å². The van der Waals surface area contributed by atoms with Crippen molar-refractivity contribution in [3.05, 3.63) is 58.6 Å². The van der Waals surface area contributed by atoms with Gasteiger partial charge in [-0.15, -0.1) is 0 Å². The number of fused-ring (bicyclic) bond motifs is 1. The van der Waals surface area contributed by atoms with E-state index in [-0.39, 0.29) is 0 Å². The van der Waals surface area contributed by atoms with Gasteiger partial charge in [-0.2, -0.15) is 0 Å². The van der Waals surface area contributed by atoms with Crippen LogP contribution in [0.4, 0.5) is 5.95 Å². The van der Waals surface area contributed by atoms with E-state index in [0.29, 0.717) is 0 Å². The topological polar surface area (TPSA) is 34.6 Å². The lowest BCUT2D eigenvalue weighted by molar-refractivity contribution is -0.897. The molecule has 0 spiro atoms. The number of imidazole rings is 1. The molecule has 3 aromatic rings. The summed E-state index contributed by atoms with van der Waals surface area (Å²) in [5.41, 5.74) is 3.22. The number of aliphatic imine (C=N–C) groups is 1. The highest BCUT2D eigenvalue weighted by Crippen LogP contribution is 2.21. The van der Waals surface area contributed by atoms with Gasteiger partial charge in [-0.1, -0.05) is 40.2 Å². The third-order valence-corrected chi connectivity index (χ3v) is 5.05. The second-order valence-corrected chi connectivity index (χ2v) is 6.98. The van der Waals surface area contributed by atoms with Crippen LogP contribution in [-0.2, 0) is 6.54 Å². The van der Waals surface area contributed by atoms with E-state index in [2.05, 4.69) is 57.5 Å². The molecule has 25 heavy (non-hydrogen) atoms. The molecule has 4 nitrogen and oxygen atoms in total. The Morgan fingerprint density at radius 2 is 1.80 bits per heavy atom. The fraction of sp³-hybridized carbons (Fsp3) is 0.300. The predicted molar refractivity (Wildman–Crippen MR) is 108 cm³/mol. The highest BCUT2D eigenvalue weighted by Gasteiger charge is 2.11. The van der Waals surface area contributed by atoms with E-state index < -0.39 is 0 Å². The number of quaternary nitrogens is 1. The Morgan fingerprint density at radius 1 is 1.08 bits per heavy atom. The first kappa shape index (κ1) is 17.8. The largest absolute Gasteiger partial charge is 0.334 e. The van der Waals surface area contributed by atoms with Crippen LogP contribution in [-0.4, -0.2) is 35.4 Å².